The molecule has 11 heteroatoms. The van der Waals surface area contributed by atoms with E-state index < -0.39 is 32.6 Å². The van der Waals surface area contributed by atoms with Crippen LogP contribution in [0.1, 0.15) is 239 Å². The molecule has 2 aliphatic rings. The fourth-order valence-electron chi connectivity index (χ4n) is 8.60. The zero-order valence-electron chi connectivity index (χ0n) is 46.6. The molecule has 2 aliphatic heterocycles. The lowest BCUT2D eigenvalue weighted by molar-refractivity contribution is 0.201. The highest BCUT2D eigenvalue weighted by Crippen LogP contribution is 2.58. The largest absolute Gasteiger partial charge is 0.584 e. The molecule has 0 aromatic heterocycles. The molecule has 4 aromatic carbocycles. The summed E-state index contributed by atoms with van der Waals surface area (Å²) in [4.78, 5) is 21.9. The number of rotatable bonds is 0. The first-order valence-electron chi connectivity index (χ1n) is 24.5. The van der Waals surface area contributed by atoms with Crippen molar-refractivity contribution in [2.75, 3.05) is 0 Å². The number of aliphatic hydroxyl groups is 1. The SMILES string of the molecule is CC(C)(C)c1cc2c(c(C(C)(C)C)c1)OP(=O)(O)Oc1c(cc(C(C)(C)C)cc1C(C)(C)C)C2.CC(C)(C)c1cc2c(c(C(C)(C)C)c1)OP(=O)(O)Oc1c(cc(C(C)(C)C)cc1C(C)(C)C)C2O. The van der Waals surface area contributed by atoms with Crippen LogP contribution in [0, 0.1) is 0 Å². The summed E-state index contributed by atoms with van der Waals surface area (Å²) in [6.45, 7) is 50.6. The van der Waals surface area contributed by atoms with Crippen molar-refractivity contribution in [2.24, 2.45) is 0 Å². The van der Waals surface area contributed by atoms with Crippen molar-refractivity contribution in [1.29, 1.82) is 0 Å². The number of benzene rings is 4. The summed E-state index contributed by atoms with van der Waals surface area (Å²) in [6, 6.07) is 16.4. The summed E-state index contributed by atoms with van der Waals surface area (Å²) in [6.07, 6.45) is -0.544. The van der Waals surface area contributed by atoms with E-state index in [9.17, 15) is 24.0 Å². The molecule has 0 atom stereocenters. The number of fused-ring (bicyclic) bond motifs is 4. The van der Waals surface area contributed by atoms with E-state index in [1.807, 2.05) is 65.8 Å². The minimum atomic E-state index is -4.56. The minimum Gasteiger partial charge on any atom is -0.395 e. The smallest absolute Gasteiger partial charge is 0.395 e. The number of phosphoric acid groups is 2. The molecule has 3 N–H and O–H groups in total. The van der Waals surface area contributed by atoms with Crippen LogP contribution >= 0.6 is 15.6 Å². The molecular weight excluding hydrogens is 903 g/mol. The van der Waals surface area contributed by atoms with E-state index in [4.69, 9.17) is 18.1 Å². The van der Waals surface area contributed by atoms with Crippen LogP contribution in [0.4, 0.5) is 0 Å². The van der Waals surface area contributed by atoms with Gasteiger partial charge in [0.2, 0.25) is 0 Å². The highest BCUT2D eigenvalue weighted by atomic mass is 31.2. The molecule has 6 rings (SSSR count). The summed E-state index contributed by atoms with van der Waals surface area (Å²) in [5.41, 5.74) is 8.58. The first-order valence-corrected chi connectivity index (χ1v) is 27.5. The highest BCUT2D eigenvalue weighted by molar-refractivity contribution is 7.48. The highest BCUT2D eigenvalue weighted by Gasteiger charge is 2.42. The molecule has 0 spiro atoms. The van der Waals surface area contributed by atoms with Crippen LogP contribution in [0.3, 0.4) is 0 Å². The molecular formula is C58H86O9P2. The quantitative estimate of drug-likeness (QED) is 0.147. The zero-order valence-corrected chi connectivity index (χ0v) is 48.4. The number of hydrogen-bond donors (Lipinski definition) is 3. The Kier molecular flexibility index (Phi) is 14.6. The second-order valence-corrected chi connectivity index (χ2v) is 30.4. The summed E-state index contributed by atoms with van der Waals surface area (Å²) in [5, 5.41) is 11.9. The van der Waals surface area contributed by atoms with Gasteiger partial charge in [-0.3, -0.25) is 9.79 Å². The molecule has 0 amide bonds. The van der Waals surface area contributed by atoms with Gasteiger partial charge in [0.15, 0.2) is 0 Å². The molecule has 2 heterocycles. The molecule has 0 aliphatic carbocycles. The molecule has 0 saturated carbocycles. The predicted octanol–water partition coefficient (Wildman–Crippen LogP) is 16.2. The lowest BCUT2D eigenvalue weighted by Crippen LogP contribution is -2.24. The van der Waals surface area contributed by atoms with Crippen molar-refractivity contribution >= 4 is 15.6 Å². The van der Waals surface area contributed by atoms with Crippen LogP contribution in [-0.4, -0.2) is 14.9 Å². The number of aliphatic hydroxyl groups excluding tert-OH is 1. The molecule has 4 aromatic rings. The molecule has 0 radical (unpaired) electrons. The number of hydrogen-bond acceptors (Lipinski definition) is 7. The Bertz CT molecular complexity index is 2530. The van der Waals surface area contributed by atoms with Gasteiger partial charge in [0.1, 0.15) is 29.1 Å². The monoisotopic (exact) mass is 989 g/mol. The third-order valence-corrected chi connectivity index (χ3v) is 14.7. The summed E-state index contributed by atoms with van der Waals surface area (Å²) in [5.74, 6) is 1.37. The lowest BCUT2D eigenvalue weighted by Gasteiger charge is -2.35. The minimum absolute atomic E-state index is 0.0799. The first-order chi connectivity index (χ1) is 30.6. The Balaban J connectivity index is 0.000000258. The fraction of sp³-hybridized carbons (Fsp3) is 0.586. The van der Waals surface area contributed by atoms with Gasteiger partial charge >= 0.3 is 15.6 Å². The molecule has 0 fully saturated rings. The van der Waals surface area contributed by atoms with Gasteiger partial charge in [-0.1, -0.05) is 203 Å². The van der Waals surface area contributed by atoms with Crippen LogP contribution < -0.4 is 18.1 Å². The van der Waals surface area contributed by atoms with Crippen molar-refractivity contribution in [3.63, 3.8) is 0 Å². The van der Waals surface area contributed by atoms with Gasteiger partial charge in [-0.15, -0.1) is 0 Å². The maximum atomic E-state index is 13.4. The third kappa shape index (κ3) is 12.7. The van der Waals surface area contributed by atoms with E-state index >= 15 is 0 Å². The van der Waals surface area contributed by atoms with Crippen molar-refractivity contribution in [1.82, 2.24) is 0 Å². The lowest BCUT2D eigenvalue weighted by atomic mass is 9.76. The van der Waals surface area contributed by atoms with Crippen molar-refractivity contribution in [3.05, 3.63) is 115 Å². The van der Waals surface area contributed by atoms with Crippen molar-refractivity contribution < 1.29 is 42.1 Å². The van der Waals surface area contributed by atoms with Gasteiger partial charge in [-0.25, -0.2) is 9.13 Å². The zero-order chi connectivity index (χ0) is 53.0. The first kappa shape index (κ1) is 56.3. The maximum absolute atomic E-state index is 13.4. The van der Waals surface area contributed by atoms with Crippen LogP contribution in [0.2, 0.25) is 0 Å². The maximum Gasteiger partial charge on any atom is 0.584 e. The Morgan fingerprint density at radius 1 is 0.362 bits per heavy atom. The third-order valence-electron chi connectivity index (χ3n) is 13.1. The van der Waals surface area contributed by atoms with Crippen LogP contribution in [0.25, 0.3) is 0 Å². The topological polar surface area (TPSA) is 132 Å². The van der Waals surface area contributed by atoms with E-state index in [0.29, 0.717) is 29.0 Å². The Labute approximate surface area is 416 Å². The Hall–Kier alpha value is -3.58. The van der Waals surface area contributed by atoms with Crippen molar-refractivity contribution in [3.8, 4) is 23.0 Å². The van der Waals surface area contributed by atoms with Gasteiger partial charge < -0.3 is 23.2 Å². The van der Waals surface area contributed by atoms with Gasteiger partial charge in [-0.2, -0.15) is 0 Å². The standard InChI is InChI=1S/C29H43O5P.C29H43O4P/c1-26(2,3)17-13-19-23(30)20-14-18(27(4,5)6)16-22(29(10,11)12)25(20)34-35(31,32)33-24(19)21(15-17)28(7,8)9;1-26(2,3)20-14-18-13-19-15-21(27(4,5)6)17-23(29(10,11)12)25(19)33-34(30,31)32-24(18)22(16-20)28(7,8)9/h13-16,23,30H,1-12H3,(H,31,32);14-17H,13H2,1-12H3,(H,30,31). The van der Waals surface area contributed by atoms with Crippen LogP contribution in [0.5, 0.6) is 23.0 Å². The van der Waals surface area contributed by atoms with Gasteiger partial charge in [0, 0.05) is 39.8 Å². The predicted molar refractivity (Wildman–Crippen MR) is 284 cm³/mol. The molecule has 382 valence electrons. The van der Waals surface area contributed by atoms with E-state index in [0.717, 1.165) is 44.5 Å². The second-order valence-electron chi connectivity index (χ2n) is 27.8. The fourth-order valence-corrected chi connectivity index (χ4v) is 10.4. The molecule has 0 unspecified atom stereocenters. The summed E-state index contributed by atoms with van der Waals surface area (Å²) >= 11 is 0. The molecule has 0 bridgehead atoms. The summed E-state index contributed by atoms with van der Waals surface area (Å²) in [7, 11) is -8.99. The van der Waals surface area contributed by atoms with Crippen molar-refractivity contribution in [2.45, 2.75) is 222 Å². The average Bonchev–Trinajstić information content (AvgIpc) is 3.10. The molecule has 0 saturated heterocycles. The van der Waals surface area contributed by atoms with Crippen LogP contribution in [0.15, 0.2) is 48.5 Å². The van der Waals surface area contributed by atoms with E-state index in [1.54, 1.807) is 0 Å². The summed E-state index contributed by atoms with van der Waals surface area (Å²) < 4.78 is 50.0. The Morgan fingerprint density at radius 2 is 0.580 bits per heavy atom. The van der Waals surface area contributed by atoms with E-state index in [2.05, 4.69) is 149 Å². The second kappa shape index (κ2) is 17.9. The number of phosphoric ester groups is 2. The normalized spacial score (nSPS) is 18.9. The average molecular weight is 989 g/mol. The van der Waals surface area contributed by atoms with Gasteiger partial charge in [-0.05, 0) is 88.8 Å². The van der Waals surface area contributed by atoms with E-state index in [-0.39, 0.29) is 44.0 Å². The van der Waals surface area contributed by atoms with Gasteiger partial charge in [0.25, 0.3) is 0 Å². The molecule has 69 heavy (non-hydrogen) atoms. The van der Waals surface area contributed by atoms with Crippen LogP contribution in [-0.2, 0) is 58.9 Å². The van der Waals surface area contributed by atoms with Gasteiger partial charge in [0.05, 0.1) is 0 Å². The van der Waals surface area contributed by atoms with E-state index in [1.165, 1.54) is 11.1 Å². The molecule has 9 nitrogen and oxygen atoms in total. The Morgan fingerprint density at radius 3 is 0.812 bits per heavy atom.